The lowest BCUT2D eigenvalue weighted by molar-refractivity contribution is 0.0665. The van der Waals surface area contributed by atoms with Crippen LogP contribution in [0, 0.1) is 5.92 Å². The van der Waals surface area contributed by atoms with Gasteiger partial charge in [-0.1, -0.05) is 0 Å². The van der Waals surface area contributed by atoms with E-state index < -0.39 is 0 Å². The van der Waals surface area contributed by atoms with Crippen molar-refractivity contribution in [1.29, 1.82) is 0 Å². The minimum absolute atomic E-state index is 0.0724. The number of hydrogen-bond donors (Lipinski definition) is 1. The van der Waals surface area contributed by atoms with Gasteiger partial charge in [0, 0.05) is 37.1 Å². The molecule has 2 N–H and O–H groups in total. The highest BCUT2D eigenvalue weighted by Crippen LogP contribution is 2.27. The highest BCUT2D eigenvalue weighted by Gasteiger charge is 2.27. The molecule has 116 valence electrons. The molecule has 2 aromatic heterocycles. The van der Waals surface area contributed by atoms with Gasteiger partial charge in [0.05, 0.1) is 6.20 Å². The Bertz CT molecular complexity index is 641. The van der Waals surface area contributed by atoms with E-state index in [0.29, 0.717) is 10.8 Å². The van der Waals surface area contributed by atoms with Gasteiger partial charge < -0.3 is 10.6 Å². The molecule has 1 aliphatic rings. The summed E-state index contributed by atoms with van der Waals surface area (Å²) in [6, 6.07) is 3.93. The van der Waals surface area contributed by atoms with Crippen molar-refractivity contribution in [3.63, 3.8) is 0 Å². The number of nitrogens with zero attached hydrogens (tertiary/aromatic N) is 3. The first kappa shape index (κ1) is 15.1. The molecule has 1 fully saturated rings. The number of carbonyl (C=O) groups is 1. The van der Waals surface area contributed by atoms with Crippen LogP contribution in [0.2, 0.25) is 0 Å². The fourth-order valence-corrected chi connectivity index (χ4v) is 3.67. The molecular weight excluding hydrogens is 296 g/mol. The largest absolute Gasteiger partial charge is 0.338 e. The number of pyridine rings is 1. The summed E-state index contributed by atoms with van der Waals surface area (Å²) in [6.45, 7) is 3.58. The minimum Gasteiger partial charge on any atom is -0.338 e. The maximum atomic E-state index is 12.7. The molecule has 0 spiro atoms. The molecule has 6 heteroatoms. The Hall–Kier alpha value is -1.79. The van der Waals surface area contributed by atoms with E-state index in [-0.39, 0.29) is 11.9 Å². The average Bonchev–Trinajstić information content (AvgIpc) is 3.05. The van der Waals surface area contributed by atoms with Crippen LogP contribution in [-0.2, 0) is 0 Å². The zero-order valence-corrected chi connectivity index (χ0v) is 13.4. The maximum absolute atomic E-state index is 12.7. The summed E-state index contributed by atoms with van der Waals surface area (Å²) in [5.74, 6) is 0.466. The summed E-state index contributed by atoms with van der Waals surface area (Å²) in [5, 5.41) is 0.853. The highest BCUT2D eigenvalue weighted by molar-refractivity contribution is 7.16. The van der Waals surface area contributed by atoms with Crippen LogP contribution in [0.25, 0.3) is 10.6 Å². The van der Waals surface area contributed by atoms with E-state index >= 15 is 0 Å². The predicted molar refractivity (Wildman–Crippen MR) is 87.6 cm³/mol. The van der Waals surface area contributed by atoms with Gasteiger partial charge in [0.2, 0.25) is 0 Å². The van der Waals surface area contributed by atoms with Crippen molar-refractivity contribution in [2.45, 2.75) is 25.8 Å². The Morgan fingerprint density at radius 3 is 2.95 bits per heavy atom. The molecule has 0 bridgehead atoms. The molecule has 2 aromatic rings. The van der Waals surface area contributed by atoms with Gasteiger partial charge in [-0.15, -0.1) is 11.3 Å². The molecular formula is C16H20N4OS. The molecule has 0 radical (unpaired) electrons. The first-order valence-corrected chi connectivity index (χ1v) is 8.38. The normalized spacial score (nSPS) is 19.9. The number of rotatable bonds is 3. The lowest BCUT2D eigenvalue weighted by Gasteiger charge is -2.34. The molecule has 3 heterocycles. The third-order valence-electron chi connectivity index (χ3n) is 4.13. The molecule has 0 aliphatic carbocycles. The van der Waals surface area contributed by atoms with Crippen LogP contribution in [0.1, 0.15) is 29.4 Å². The van der Waals surface area contributed by atoms with Crippen molar-refractivity contribution in [3.05, 3.63) is 35.6 Å². The van der Waals surface area contributed by atoms with E-state index in [1.54, 1.807) is 18.6 Å². The van der Waals surface area contributed by atoms with Gasteiger partial charge in [-0.25, -0.2) is 4.98 Å². The number of thiazole rings is 1. The van der Waals surface area contributed by atoms with E-state index in [0.717, 1.165) is 36.5 Å². The van der Waals surface area contributed by atoms with Crippen LogP contribution >= 0.6 is 11.3 Å². The third kappa shape index (κ3) is 3.18. The van der Waals surface area contributed by atoms with Crippen molar-refractivity contribution in [1.82, 2.24) is 14.9 Å². The smallest absolute Gasteiger partial charge is 0.265 e. The molecule has 0 unspecified atom stereocenters. The summed E-state index contributed by atoms with van der Waals surface area (Å²) in [5.41, 5.74) is 6.99. The second kappa shape index (κ2) is 6.54. The summed E-state index contributed by atoms with van der Waals surface area (Å²) >= 11 is 1.44. The van der Waals surface area contributed by atoms with Gasteiger partial charge in [0.15, 0.2) is 0 Å². The Morgan fingerprint density at radius 2 is 2.23 bits per heavy atom. The lowest BCUT2D eigenvalue weighted by atomic mass is 9.92. The van der Waals surface area contributed by atoms with Crippen LogP contribution in [0.3, 0.4) is 0 Å². The van der Waals surface area contributed by atoms with E-state index in [9.17, 15) is 4.79 Å². The standard InChI is InChI=1S/C16H20N4OS/c1-11(17)13-3-2-8-20(10-13)16(21)14-9-19-15(22-14)12-4-6-18-7-5-12/h4-7,9,11,13H,2-3,8,10,17H2,1H3/t11-,13+/m1/s1. The molecule has 0 aromatic carbocycles. The number of piperidine rings is 1. The number of likely N-dealkylation sites (tertiary alicyclic amines) is 1. The number of nitrogens with two attached hydrogens (primary N) is 1. The average molecular weight is 316 g/mol. The number of carbonyl (C=O) groups excluding carboxylic acids is 1. The van der Waals surface area contributed by atoms with Crippen LogP contribution in [-0.4, -0.2) is 39.9 Å². The number of amides is 1. The zero-order valence-electron chi connectivity index (χ0n) is 12.6. The van der Waals surface area contributed by atoms with Crippen LogP contribution in [0.15, 0.2) is 30.7 Å². The minimum atomic E-state index is 0.0724. The van der Waals surface area contributed by atoms with Crippen molar-refractivity contribution in [2.24, 2.45) is 11.7 Å². The Morgan fingerprint density at radius 1 is 1.45 bits per heavy atom. The van der Waals surface area contributed by atoms with Crippen molar-refractivity contribution in [3.8, 4) is 10.6 Å². The molecule has 1 amide bonds. The van der Waals surface area contributed by atoms with Crippen molar-refractivity contribution in [2.75, 3.05) is 13.1 Å². The van der Waals surface area contributed by atoms with E-state index in [2.05, 4.69) is 9.97 Å². The zero-order chi connectivity index (χ0) is 15.5. The van der Waals surface area contributed by atoms with Gasteiger partial charge in [-0.2, -0.15) is 0 Å². The van der Waals surface area contributed by atoms with Gasteiger partial charge in [-0.3, -0.25) is 9.78 Å². The van der Waals surface area contributed by atoms with Gasteiger partial charge in [0.25, 0.3) is 5.91 Å². The Balaban J connectivity index is 1.74. The topological polar surface area (TPSA) is 72.1 Å². The first-order valence-electron chi connectivity index (χ1n) is 7.56. The molecule has 22 heavy (non-hydrogen) atoms. The first-order chi connectivity index (χ1) is 10.6. The Labute approximate surface area is 134 Å². The summed E-state index contributed by atoms with van der Waals surface area (Å²) in [4.78, 5) is 23.6. The summed E-state index contributed by atoms with van der Waals surface area (Å²) in [7, 11) is 0. The van der Waals surface area contributed by atoms with Gasteiger partial charge in [-0.05, 0) is 37.8 Å². The second-order valence-corrected chi connectivity index (χ2v) is 6.81. The summed E-state index contributed by atoms with van der Waals surface area (Å²) < 4.78 is 0. The van der Waals surface area contributed by atoms with Gasteiger partial charge in [0.1, 0.15) is 9.88 Å². The van der Waals surface area contributed by atoms with Crippen LogP contribution in [0.4, 0.5) is 0 Å². The van der Waals surface area contributed by atoms with Gasteiger partial charge >= 0.3 is 0 Å². The van der Waals surface area contributed by atoms with Crippen LogP contribution in [0.5, 0.6) is 0 Å². The molecule has 1 saturated heterocycles. The van der Waals surface area contributed by atoms with E-state index in [4.69, 9.17) is 5.73 Å². The Kier molecular flexibility index (Phi) is 4.49. The van der Waals surface area contributed by atoms with E-state index in [1.807, 2.05) is 24.0 Å². The maximum Gasteiger partial charge on any atom is 0.265 e. The third-order valence-corrected chi connectivity index (χ3v) is 5.17. The number of hydrogen-bond acceptors (Lipinski definition) is 5. The van der Waals surface area contributed by atoms with Crippen molar-refractivity contribution < 1.29 is 4.79 Å². The second-order valence-electron chi connectivity index (χ2n) is 5.78. The lowest BCUT2D eigenvalue weighted by Crippen LogP contribution is -2.44. The molecule has 1 aliphatic heterocycles. The quantitative estimate of drug-likeness (QED) is 0.944. The monoisotopic (exact) mass is 316 g/mol. The SMILES string of the molecule is C[C@@H](N)[C@H]1CCCN(C(=O)c2cnc(-c3ccncc3)s2)C1. The van der Waals surface area contributed by atoms with Crippen molar-refractivity contribution >= 4 is 17.2 Å². The number of aromatic nitrogens is 2. The van der Waals surface area contributed by atoms with E-state index in [1.165, 1.54) is 11.3 Å². The summed E-state index contributed by atoms with van der Waals surface area (Å²) in [6.07, 6.45) is 7.27. The molecule has 2 atom stereocenters. The fourth-order valence-electron chi connectivity index (χ4n) is 2.78. The fraction of sp³-hybridized carbons (Fsp3) is 0.438. The molecule has 3 rings (SSSR count). The highest BCUT2D eigenvalue weighted by atomic mass is 32.1. The van der Waals surface area contributed by atoms with Crippen LogP contribution < -0.4 is 5.73 Å². The molecule has 5 nitrogen and oxygen atoms in total. The predicted octanol–water partition coefficient (Wildman–Crippen LogP) is 2.40. The molecule has 0 saturated carbocycles.